The second kappa shape index (κ2) is 6.47. The van der Waals surface area contributed by atoms with Crippen LogP contribution in [0.25, 0.3) is 0 Å². The van der Waals surface area contributed by atoms with Gasteiger partial charge >= 0.3 is 0 Å². The highest BCUT2D eigenvalue weighted by atomic mass is 16.5. The lowest BCUT2D eigenvalue weighted by Crippen LogP contribution is -2.57. The number of piperidine rings is 2. The van der Waals surface area contributed by atoms with Gasteiger partial charge in [-0.1, -0.05) is 36.8 Å². The summed E-state index contributed by atoms with van der Waals surface area (Å²) in [6.07, 6.45) is 6.33. The van der Waals surface area contributed by atoms with Crippen molar-refractivity contribution in [1.29, 1.82) is 0 Å². The summed E-state index contributed by atoms with van der Waals surface area (Å²) in [7, 11) is 1.72. The molecule has 3 rings (SSSR count). The Balaban J connectivity index is 1.70. The molecule has 116 valence electrons. The van der Waals surface area contributed by atoms with E-state index in [9.17, 15) is 5.11 Å². The Morgan fingerprint density at radius 2 is 1.86 bits per heavy atom. The highest BCUT2D eigenvalue weighted by Gasteiger charge is 2.44. The lowest BCUT2D eigenvalue weighted by Gasteiger charge is -2.52. The summed E-state index contributed by atoms with van der Waals surface area (Å²) in [6.45, 7) is 1.69. The van der Waals surface area contributed by atoms with Crippen LogP contribution >= 0.6 is 0 Å². The van der Waals surface area contributed by atoms with Crippen LogP contribution in [-0.4, -0.2) is 41.4 Å². The highest BCUT2D eigenvalue weighted by Crippen LogP contribution is 2.41. The van der Waals surface area contributed by atoms with E-state index in [1.807, 2.05) is 0 Å². The molecule has 2 saturated heterocycles. The number of hydrogen-bond acceptors (Lipinski definition) is 3. The molecule has 0 spiro atoms. The van der Waals surface area contributed by atoms with Crippen molar-refractivity contribution in [3.63, 3.8) is 0 Å². The van der Waals surface area contributed by atoms with Crippen molar-refractivity contribution in [2.45, 2.75) is 62.8 Å². The molecule has 0 amide bonds. The third-order valence-electron chi connectivity index (χ3n) is 5.22. The number of benzene rings is 1. The number of rotatable bonds is 5. The average Bonchev–Trinajstić information content (AvgIpc) is 2.48. The maximum atomic E-state index is 10.9. The first-order chi connectivity index (χ1) is 10.2. The molecule has 0 aromatic heterocycles. The van der Waals surface area contributed by atoms with Crippen molar-refractivity contribution < 1.29 is 9.84 Å². The molecule has 2 unspecified atom stereocenters. The summed E-state index contributed by atoms with van der Waals surface area (Å²) in [5, 5.41) is 10.9. The van der Waals surface area contributed by atoms with Gasteiger partial charge in [0.1, 0.15) is 0 Å². The van der Waals surface area contributed by atoms with Crippen molar-refractivity contribution >= 4 is 0 Å². The molecule has 0 radical (unpaired) electrons. The quantitative estimate of drug-likeness (QED) is 0.904. The molecule has 2 aliphatic rings. The van der Waals surface area contributed by atoms with Crippen LogP contribution in [0.15, 0.2) is 30.3 Å². The minimum absolute atomic E-state index is 0.515. The molecule has 2 bridgehead atoms. The molecular formula is C18H27NO2. The minimum Gasteiger partial charge on any atom is -0.390 e. The van der Waals surface area contributed by atoms with E-state index < -0.39 is 5.60 Å². The fraction of sp³-hybridized carbons (Fsp3) is 0.667. The number of methoxy groups -OCH3 is 1. The van der Waals surface area contributed by atoms with E-state index >= 15 is 0 Å². The average molecular weight is 289 g/mol. The summed E-state index contributed by atoms with van der Waals surface area (Å²) >= 11 is 0. The van der Waals surface area contributed by atoms with Gasteiger partial charge in [-0.25, -0.2) is 0 Å². The summed E-state index contributed by atoms with van der Waals surface area (Å²) < 4.78 is 5.18. The molecule has 0 aliphatic carbocycles. The van der Waals surface area contributed by atoms with Crippen LogP contribution < -0.4 is 0 Å². The molecule has 1 N–H and O–H groups in total. The molecule has 2 fully saturated rings. The standard InChI is InChI=1S/C18H27NO2/c1-21-11-10-18(20)12-16-8-5-9-17(13-18)19(16)14-15-6-3-2-4-7-15/h2-4,6-7,16-17,20H,5,8-14H2,1H3. The molecule has 3 nitrogen and oxygen atoms in total. The Hall–Kier alpha value is -0.900. The first-order valence-electron chi connectivity index (χ1n) is 8.21. The maximum Gasteiger partial charge on any atom is 0.0699 e. The number of fused-ring (bicyclic) bond motifs is 2. The molecule has 2 heterocycles. The molecule has 21 heavy (non-hydrogen) atoms. The van der Waals surface area contributed by atoms with Crippen LogP contribution in [0.3, 0.4) is 0 Å². The number of hydrogen-bond donors (Lipinski definition) is 1. The zero-order valence-electron chi connectivity index (χ0n) is 13.0. The van der Waals surface area contributed by atoms with E-state index in [-0.39, 0.29) is 0 Å². The van der Waals surface area contributed by atoms with E-state index in [1.54, 1.807) is 7.11 Å². The van der Waals surface area contributed by atoms with Crippen LogP contribution in [0.4, 0.5) is 0 Å². The fourth-order valence-electron chi connectivity index (χ4n) is 4.17. The lowest BCUT2D eigenvalue weighted by atomic mass is 9.74. The molecular weight excluding hydrogens is 262 g/mol. The van der Waals surface area contributed by atoms with Gasteiger partial charge < -0.3 is 9.84 Å². The van der Waals surface area contributed by atoms with Gasteiger partial charge in [-0.2, -0.15) is 0 Å². The Morgan fingerprint density at radius 1 is 1.19 bits per heavy atom. The topological polar surface area (TPSA) is 32.7 Å². The van der Waals surface area contributed by atoms with Gasteiger partial charge in [0.05, 0.1) is 5.60 Å². The Morgan fingerprint density at radius 3 is 2.48 bits per heavy atom. The summed E-state index contributed by atoms with van der Waals surface area (Å²) in [5.41, 5.74) is 0.871. The smallest absolute Gasteiger partial charge is 0.0699 e. The number of nitrogens with zero attached hydrogens (tertiary/aromatic N) is 1. The van der Waals surface area contributed by atoms with Gasteiger partial charge in [0, 0.05) is 32.3 Å². The third-order valence-corrected chi connectivity index (χ3v) is 5.22. The highest BCUT2D eigenvalue weighted by molar-refractivity contribution is 5.15. The van der Waals surface area contributed by atoms with Gasteiger partial charge in [0.25, 0.3) is 0 Å². The fourth-order valence-corrected chi connectivity index (χ4v) is 4.17. The van der Waals surface area contributed by atoms with E-state index in [2.05, 4.69) is 35.2 Å². The van der Waals surface area contributed by atoms with Crippen LogP contribution in [0.2, 0.25) is 0 Å². The third kappa shape index (κ3) is 3.47. The van der Waals surface area contributed by atoms with Gasteiger partial charge in [-0.3, -0.25) is 4.90 Å². The van der Waals surface area contributed by atoms with Crippen molar-refractivity contribution in [3.8, 4) is 0 Å². The van der Waals surface area contributed by atoms with E-state index in [1.165, 1.54) is 24.8 Å². The van der Waals surface area contributed by atoms with Crippen molar-refractivity contribution in [2.75, 3.05) is 13.7 Å². The van der Waals surface area contributed by atoms with Crippen LogP contribution in [0.5, 0.6) is 0 Å². The zero-order chi connectivity index (χ0) is 14.7. The normalized spacial score (nSPS) is 33.0. The Kier molecular flexibility index (Phi) is 4.63. The number of ether oxygens (including phenoxy) is 1. The van der Waals surface area contributed by atoms with Crippen molar-refractivity contribution in [1.82, 2.24) is 4.90 Å². The second-order valence-electron chi connectivity index (χ2n) is 6.77. The summed E-state index contributed by atoms with van der Waals surface area (Å²) in [6, 6.07) is 11.8. The van der Waals surface area contributed by atoms with E-state index in [0.717, 1.165) is 25.8 Å². The first-order valence-corrected chi connectivity index (χ1v) is 8.21. The predicted molar refractivity (Wildman–Crippen MR) is 84.1 cm³/mol. The van der Waals surface area contributed by atoms with Crippen molar-refractivity contribution in [3.05, 3.63) is 35.9 Å². The first kappa shape index (κ1) is 15.0. The Bertz CT molecular complexity index is 434. The van der Waals surface area contributed by atoms with E-state index in [0.29, 0.717) is 18.7 Å². The van der Waals surface area contributed by atoms with Crippen LogP contribution in [0.1, 0.15) is 44.1 Å². The van der Waals surface area contributed by atoms with Crippen molar-refractivity contribution in [2.24, 2.45) is 0 Å². The van der Waals surface area contributed by atoms with Gasteiger partial charge in [-0.05, 0) is 37.7 Å². The van der Waals surface area contributed by atoms with Crippen LogP contribution in [0, 0.1) is 0 Å². The monoisotopic (exact) mass is 289 g/mol. The van der Waals surface area contributed by atoms with Gasteiger partial charge in [-0.15, -0.1) is 0 Å². The molecule has 1 aromatic rings. The second-order valence-corrected chi connectivity index (χ2v) is 6.77. The van der Waals surface area contributed by atoms with Crippen LogP contribution in [-0.2, 0) is 11.3 Å². The molecule has 3 heteroatoms. The van der Waals surface area contributed by atoms with Gasteiger partial charge in [0.15, 0.2) is 0 Å². The van der Waals surface area contributed by atoms with Gasteiger partial charge in [0.2, 0.25) is 0 Å². The SMILES string of the molecule is COCCC1(O)CC2CCCC(C1)N2Cc1ccccc1. The largest absolute Gasteiger partial charge is 0.390 e. The lowest BCUT2D eigenvalue weighted by molar-refractivity contribution is -0.105. The molecule has 0 saturated carbocycles. The molecule has 2 atom stereocenters. The maximum absolute atomic E-state index is 10.9. The number of aliphatic hydroxyl groups is 1. The minimum atomic E-state index is -0.515. The predicted octanol–water partition coefficient (Wildman–Crippen LogP) is 2.97. The summed E-state index contributed by atoms with van der Waals surface area (Å²) in [5.74, 6) is 0. The zero-order valence-corrected chi connectivity index (χ0v) is 13.0. The molecule has 1 aromatic carbocycles. The summed E-state index contributed by atoms with van der Waals surface area (Å²) in [4.78, 5) is 2.64. The Labute approximate surface area is 127 Å². The van der Waals surface area contributed by atoms with E-state index in [4.69, 9.17) is 4.74 Å². The molecule has 2 aliphatic heterocycles.